The van der Waals surface area contributed by atoms with Crippen molar-refractivity contribution in [1.29, 1.82) is 0 Å². The fourth-order valence-electron chi connectivity index (χ4n) is 2.89. The molecule has 0 spiro atoms. The lowest BCUT2D eigenvalue weighted by Crippen LogP contribution is -2.17. The van der Waals surface area contributed by atoms with E-state index in [-0.39, 0.29) is 29.1 Å². The van der Waals surface area contributed by atoms with Crippen molar-refractivity contribution in [3.63, 3.8) is 0 Å². The van der Waals surface area contributed by atoms with Crippen molar-refractivity contribution in [3.8, 4) is 0 Å². The molecule has 0 bridgehead atoms. The van der Waals surface area contributed by atoms with Gasteiger partial charge in [-0.25, -0.2) is 4.79 Å². The Morgan fingerprint density at radius 3 is 2.19 bits per heavy atom. The smallest absolute Gasteiger partial charge is 0.416 e. The first-order valence-corrected chi connectivity index (χ1v) is 9.40. The van der Waals surface area contributed by atoms with E-state index < -0.39 is 23.6 Å². The average Bonchev–Trinajstić information content (AvgIpc) is 2.74. The van der Waals surface area contributed by atoms with Gasteiger partial charge in [0.15, 0.2) is 0 Å². The predicted molar refractivity (Wildman–Crippen MR) is 112 cm³/mol. The highest BCUT2D eigenvalue weighted by molar-refractivity contribution is 6.11. The van der Waals surface area contributed by atoms with Gasteiger partial charge >= 0.3 is 12.1 Å². The molecule has 1 amide bonds. The summed E-state index contributed by atoms with van der Waals surface area (Å²) in [6.07, 6.45) is -4.48. The van der Waals surface area contributed by atoms with Crippen molar-refractivity contribution < 1.29 is 27.5 Å². The Balaban J connectivity index is 1.86. The number of anilines is 3. The number of nitrogens with one attached hydrogen (secondary N) is 2. The second kappa shape index (κ2) is 9.34. The number of para-hydroxylation sites is 2. The summed E-state index contributed by atoms with van der Waals surface area (Å²) in [6.45, 7) is 1.86. The van der Waals surface area contributed by atoms with E-state index in [1.807, 2.05) is 0 Å². The Labute approximate surface area is 176 Å². The molecule has 0 heterocycles. The van der Waals surface area contributed by atoms with Crippen molar-refractivity contribution >= 4 is 28.9 Å². The Morgan fingerprint density at radius 2 is 1.52 bits per heavy atom. The fraction of sp³-hybridized carbons (Fsp3) is 0.130. The number of hydrogen-bond donors (Lipinski definition) is 2. The third kappa shape index (κ3) is 5.42. The minimum absolute atomic E-state index is 0.182. The van der Waals surface area contributed by atoms with Gasteiger partial charge in [-0.2, -0.15) is 13.2 Å². The van der Waals surface area contributed by atoms with E-state index in [0.29, 0.717) is 5.69 Å². The van der Waals surface area contributed by atoms with Gasteiger partial charge in [-0.15, -0.1) is 0 Å². The molecule has 160 valence electrons. The molecular formula is C23H19F3N2O3. The fourth-order valence-corrected chi connectivity index (χ4v) is 2.89. The number of benzene rings is 3. The number of hydrogen-bond acceptors (Lipinski definition) is 4. The molecule has 0 saturated carbocycles. The van der Waals surface area contributed by atoms with E-state index in [9.17, 15) is 22.8 Å². The van der Waals surface area contributed by atoms with Crippen LogP contribution in [0.15, 0.2) is 72.8 Å². The number of alkyl halides is 3. The van der Waals surface area contributed by atoms with Crippen LogP contribution in [0.3, 0.4) is 0 Å². The summed E-state index contributed by atoms with van der Waals surface area (Å²) in [5, 5.41) is 5.53. The third-order valence-electron chi connectivity index (χ3n) is 4.31. The molecule has 0 aliphatic heterocycles. The first-order valence-electron chi connectivity index (χ1n) is 9.40. The van der Waals surface area contributed by atoms with E-state index in [1.54, 1.807) is 43.3 Å². The molecule has 0 atom stereocenters. The van der Waals surface area contributed by atoms with Crippen molar-refractivity contribution in [1.82, 2.24) is 0 Å². The number of carbonyl (C=O) groups excluding carboxylic acids is 2. The molecule has 3 aromatic carbocycles. The van der Waals surface area contributed by atoms with E-state index in [2.05, 4.69) is 10.6 Å². The summed E-state index contributed by atoms with van der Waals surface area (Å²) in [5.41, 5.74) is 0.345. The van der Waals surface area contributed by atoms with Crippen LogP contribution in [0, 0.1) is 0 Å². The topological polar surface area (TPSA) is 67.4 Å². The van der Waals surface area contributed by atoms with Crippen LogP contribution in [-0.2, 0) is 10.9 Å². The maximum absolute atomic E-state index is 13.0. The van der Waals surface area contributed by atoms with E-state index in [1.165, 1.54) is 24.3 Å². The zero-order valence-electron chi connectivity index (χ0n) is 16.5. The van der Waals surface area contributed by atoms with Gasteiger partial charge in [0.05, 0.1) is 34.7 Å². The molecule has 0 fully saturated rings. The summed E-state index contributed by atoms with van der Waals surface area (Å²) in [4.78, 5) is 25.0. The monoisotopic (exact) mass is 428 g/mol. The quantitative estimate of drug-likeness (QED) is 0.482. The standard InChI is InChI=1S/C23H19F3N2O3/c1-2-31-22(30)18-11-4-6-13-20(18)28-21(29)17-10-3-5-12-19(17)27-16-9-7-8-15(14-16)23(24,25)26/h3-14,27H,2H2,1H3,(H,28,29). The minimum Gasteiger partial charge on any atom is -0.462 e. The molecule has 0 aromatic heterocycles. The molecular weight excluding hydrogens is 409 g/mol. The van der Waals surface area contributed by atoms with Crippen LogP contribution in [-0.4, -0.2) is 18.5 Å². The lowest BCUT2D eigenvalue weighted by atomic mass is 10.1. The molecule has 3 aromatic rings. The largest absolute Gasteiger partial charge is 0.462 e. The van der Waals surface area contributed by atoms with Gasteiger partial charge < -0.3 is 15.4 Å². The van der Waals surface area contributed by atoms with Crippen molar-refractivity contribution in [3.05, 3.63) is 89.5 Å². The van der Waals surface area contributed by atoms with Gasteiger partial charge in [0.2, 0.25) is 0 Å². The predicted octanol–water partition coefficient (Wildman–Crippen LogP) is 5.88. The van der Waals surface area contributed by atoms with Gasteiger partial charge in [-0.1, -0.05) is 30.3 Å². The highest BCUT2D eigenvalue weighted by atomic mass is 19.4. The van der Waals surface area contributed by atoms with Crippen LogP contribution in [0.25, 0.3) is 0 Å². The first-order chi connectivity index (χ1) is 14.8. The third-order valence-corrected chi connectivity index (χ3v) is 4.31. The SMILES string of the molecule is CCOC(=O)c1ccccc1NC(=O)c1ccccc1Nc1cccc(C(F)(F)F)c1. The van der Waals surface area contributed by atoms with Crippen LogP contribution < -0.4 is 10.6 Å². The van der Waals surface area contributed by atoms with E-state index in [4.69, 9.17) is 4.74 Å². The number of halogens is 3. The number of rotatable bonds is 6. The number of ether oxygens (including phenoxy) is 1. The zero-order chi connectivity index (χ0) is 22.4. The second-order valence-electron chi connectivity index (χ2n) is 6.47. The lowest BCUT2D eigenvalue weighted by Gasteiger charge is -2.15. The van der Waals surface area contributed by atoms with Crippen LogP contribution >= 0.6 is 0 Å². The summed E-state index contributed by atoms with van der Waals surface area (Å²) in [6, 6.07) is 17.5. The average molecular weight is 428 g/mol. The molecule has 8 heteroatoms. The number of carbonyl (C=O) groups is 2. The van der Waals surface area contributed by atoms with Crippen LogP contribution in [0.4, 0.5) is 30.2 Å². The van der Waals surface area contributed by atoms with E-state index in [0.717, 1.165) is 12.1 Å². The normalized spacial score (nSPS) is 11.0. The molecule has 0 unspecified atom stereocenters. The second-order valence-corrected chi connectivity index (χ2v) is 6.47. The van der Waals surface area contributed by atoms with Gasteiger partial charge in [0, 0.05) is 5.69 Å². The maximum atomic E-state index is 13.0. The Morgan fingerprint density at radius 1 is 0.871 bits per heavy atom. The number of amides is 1. The summed E-state index contributed by atoms with van der Waals surface area (Å²) >= 11 is 0. The first kappa shape index (κ1) is 21.9. The molecule has 2 N–H and O–H groups in total. The Hall–Kier alpha value is -3.81. The molecule has 3 rings (SSSR count). The molecule has 5 nitrogen and oxygen atoms in total. The van der Waals surface area contributed by atoms with Crippen LogP contribution in [0.5, 0.6) is 0 Å². The van der Waals surface area contributed by atoms with E-state index >= 15 is 0 Å². The Kier molecular flexibility index (Phi) is 6.59. The molecule has 0 aliphatic rings. The molecule has 0 radical (unpaired) electrons. The van der Waals surface area contributed by atoms with Crippen molar-refractivity contribution in [2.75, 3.05) is 17.2 Å². The molecule has 0 aliphatic carbocycles. The van der Waals surface area contributed by atoms with Gasteiger partial charge in [-0.05, 0) is 49.4 Å². The zero-order valence-corrected chi connectivity index (χ0v) is 16.5. The Bertz CT molecular complexity index is 1100. The summed E-state index contributed by atoms with van der Waals surface area (Å²) in [7, 11) is 0. The molecule has 31 heavy (non-hydrogen) atoms. The lowest BCUT2D eigenvalue weighted by molar-refractivity contribution is -0.137. The minimum atomic E-state index is -4.48. The summed E-state index contributed by atoms with van der Waals surface area (Å²) < 4.78 is 44.0. The van der Waals surface area contributed by atoms with Gasteiger partial charge in [0.25, 0.3) is 5.91 Å². The van der Waals surface area contributed by atoms with Gasteiger partial charge in [-0.3, -0.25) is 4.79 Å². The van der Waals surface area contributed by atoms with Crippen molar-refractivity contribution in [2.45, 2.75) is 13.1 Å². The van der Waals surface area contributed by atoms with Crippen LogP contribution in [0.2, 0.25) is 0 Å². The number of esters is 1. The maximum Gasteiger partial charge on any atom is 0.416 e. The van der Waals surface area contributed by atoms with Gasteiger partial charge in [0.1, 0.15) is 0 Å². The molecule has 0 saturated heterocycles. The summed E-state index contributed by atoms with van der Waals surface area (Å²) in [5.74, 6) is -1.11. The van der Waals surface area contributed by atoms with Crippen molar-refractivity contribution in [2.24, 2.45) is 0 Å². The highest BCUT2D eigenvalue weighted by Gasteiger charge is 2.30. The highest BCUT2D eigenvalue weighted by Crippen LogP contribution is 2.32. The van der Waals surface area contributed by atoms with Crippen LogP contribution in [0.1, 0.15) is 33.2 Å².